The number of benzene rings is 8. The maximum absolute atomic E-state index is 2.47. The summed E-state index contributed by atoms with van der Waals surface area (Å²) in [5.41, 5.74) is 17.9. The first-order valence-corrected chi connectivity index (χ1v) is 18.3. The van der Waals surface area contributed by atoms with Crippen LogP contribution >= 0.6 is 0 Å². The van der Waals surface area contributed by atoms with Crippen LogP contribution in [0, 0.1) is 20.8 Å². The van der Waals surface area contributed by atoms with Crippen molar-refractivity contribution in [3.05, 3.63) is 205 Å². The van der Waals surface area contributed by atoms with Crippen molar-refractivity contribution in [1.82, 2.24) is 4.57 Å². The standard InChI is InChI=1S/C51H40N2/c1-35-21-30-48(46(34-35)42-32-36(2)31-37(3)33-42)53-47-18-11-10-17-45(47)51-49(19-12-20-50(51)53)52(43-26-22-40(23-27-43)38-13-6-4-7-14-38)44-28-24-41(25-29-44)39-15-8-5-9-16-39/h4-34H,1-3H3. The number of rotatable bonds is 7. The summed E-state index contributed by atoms with van der Waals surface area (Å²) in [7, 11) is 0. The van der Waals surface area contributed by atoms with E-state index in [1.807, 2.05) is 0 Å². The van der Waals surface area contributed by atoms with E-state index in [4.69, 9.17) is 0 Å². The van der Waals surface area contributed by atoms with Crippen LogP contribution in [0.1, 0.15) is 16.7 Å². The van der Waals surface area contributed by atoms with Crippen molar-refractivity contribution in [1.29, 1.82) is 0 Å². The molecule has 254 valence electrons. The molecular weight excluding hydrogens is 641 g/mol. The minimum atomic E-state index is 1.10. The molecule has 0 unspecified atom stereocenters. The zero-order chi connectivity index (χ0) is 35.9. The first kappa shape index (κ1) is 32.3. The summed E-state index contributed by atoms with van der Waals surface area (Å²) in [6, 6.07) is 68.5. The summed E-state index contributed by atoms with van der Waals surface area (Å²) in [6.45, 7) is 6.56. The van der Waals surface area contributed by atoms with Crippen LogP contribution in [0.15, 0.2) is 188 Å². The molecule has 0 N–H and O–H groups in total. The third kappa shape index (κ3) is 5.99. The smallest absolute Gasteiger partial charge is 0.0562 e. The molecule has 9 aromatic rings. The highest BCUT2D eigenvalue weighted by Gasteiger charge is 2.22. The van der Waals surface area contributed by atoms with Gasteiger partial charge < -0.3 is 9.47 Å². The van der Waals surface area contributed by atoms with Crippen molar-refractivity contribution >= 4 is 38.9 Å². The quantitative estimate of drug-likeness (QED) is 0.163. The fourth-order valence-corrected chi connectivity index (χ4v) is 7.95. The van der Waals surface area contributed by atoms with Gasteiger partial charge in [-0.2, -0.15) is 0 Å². The highest BCUT2D eigenvalue weighted by Crippen LogP contribution is 2.45. The number of anilines is 3. The van der Waals surface area contributed by atoms with Gasteiger partial charge in [-0.3, -0.25) is 0 Å². The lowest BCUT2D eigenvalue weighted by molar-refractivity contribution is 1.17. The predicted molar refractivity (Wildman–Crippen MR) is 226 cm³/mol. The average molecular weight is 681 g/mol. The number of fused-ring (bicyclic) bond motifs is 3. The molecule has 0 atom stereocenters. The third-order valence-corrected chi connectivity index (χ3v) is 10.3. The van der Waals surface area contributed by atoms with E-state index in [0.717, 1.165) is 17.1 Å². The van der Waals surface area contributed by atoms with Crippen LogP contribution < -0.4 is 4.90 Å². The molecule has 0 saturated heterocycles. The molecule has 2 heteroatoms. The zero-order valence-corrected chi connectivity index (χ0v) is 30.3. The Bertz CT molecular complexity index is 2620. The van der Waals surface area contributed by atoms with Crippen LogP contribution in [0.4, 0.5) is 17.1 Å². The predicted octanol–water partition coefficient (Wildman–Crippen LogP) is 14.2. The fourth-order valence-electron chi connectivity index (χ4n) is 7.95. The van der Waals surface area contributed by atoms with Crippen molar-refractivity contribution in [3.8, 4) is 39.1 Å². The maximum atomic E-state index is 2.47. The number of para-hydroxylation sites is 1. The Morgan fingerprint density at radius 3 is 1.51 bits per heavy atom. The fraction of sp³-hybridized carbons (Fsp3) is 0.0588. The van der Waals surface area contributed by atoms with Gasteiger partial charge >= 0.3 is 0 Å². The zero-order valence-electron chi connectivity index (χ0n) is 30.3. The largest absolute Gasteiger partial charge is 0.310 e. The van der Waals surface area contributed by atoms with E-state index >= 15 is 0 Å². The summed E-state index contributed by atoms with van der Waals surface area (Å²) in [4.78, 5) is 2.42. The second-order valence-corrected chi connectivity index (χ2v) is 14.1. The first-order chi connectivity index (χ1) is 26.0. The lowest BCUT2D eigenvalue weighted by Gasteiger charge is -2.27. The van der Waals surface area contributed by atoms with E-state index in [2.05, 4.69) is 218 Å². The van der Waals surface area contributed by atoms with E-state index in [1.54, 1.807) is 0 Å². The van der Waals surface area contributed by atoms with Crippen LogP contribution in [0.3, 0.4) is 0 Å². The lowest BCUT2D eigenvalue weighted by Crippen LogP contribution is -2.10. The van der Waals surface area contributed by atoms with Gasteiger partial charge in [0.15, 0.2) is 0 Å². The van der Waals surface area contributed by atoms with Gasteiger partial charge in [0.2, 0.25) is 0 Å². The van der Waals surface area contributed by atoms with Gasteiger partial charge in [-0.25, -0.2) is 0 Å². The van der Waals surface area contributed by atoms with Crippen LogP contribution in [0.5, 0.6) is 0 Å². The Balaban J connectivity index is 1.28. The number of aryl methyl sites for hydroxylation is 3. The molecule has 0 spiro atoms. The molecule has 0 aliphatic rings. The molecule has 0 aliphatic heterocycles. The van der Waals surface area contributed by atoms with Crippen molar-refractivity contribution in [2.45, 2.75) is 20.8 Å². The molecule has 8 aromatic carbocycles. The molecule has 0 saturated carbocycles. The second-order valence-electron chi connectivity index (χ2n) is 14.1. The van der Waals surface area contributed by atoms with Crippen molar-refractivity contribution in [2.75, 3.05) is 4.90 Å². The molecule has 1 heterocycles. The number of nitrogens with zero attached hydrogens (tertiary/aromatic N) is 2. The Hall–Kier alpha value is -6.64. The van der Waals surface area contributed by atoms with E-state index in [1.165, 1.54) is 77.6 Å². The van der Waals surface area contributed by atoms with Gasteiger partial charge in [0.05, 0.1) is 22.4 Å². The van der Waals surface area contributed by atoms with E-state index in [9.17, 15) is 0 Å². The Kier molecular flexibility index (Phi) is 8.21. The van der Waals surface area contributed by atoms with Crippen molar-refractivity contribution < 1.29 is 0 Å². The van der Waals surface area contributed by atoms with E-state index in [-0.39, 0.29) is 0 Å². The van der Waals surface area contributed by atoms with Gasteiger partial charge in [-0.15, -0.1) is 0 Å². The Labute approximate surface area is 311 Å². The molecule has 53 heavy (non-hydrogen) atoms. The molecule has 9 rings (SSSR count). The Morgan fingerprint density at radius 2 is 0.906 bits per heavy atom. The molecule has 0 bridgehead atoms. The summed E-state index contributed by atoms with van der Waals surface area (Å²) >= 11 is 0. The maximum Gasteiger partial charge on any atom is 0.0562 e. The molecule has 1 aromatic heterocycles. The van der Waals surface area contributed by atoms with Gasteiger partial charge in [0, 0.05) is 27.7 Å². The molecule has 2 nitrogen and oxygen atoms in total. The summed E-state index contributed by atoms with van der Waals surface area (Å²) < 4.78 is 2.47. The number of hydrogen-bond donors (Lipinski definition) is 0. The topological polar surface area (TPSA) is 8.17 Å². The van der Waals surface area contributed by atoms with Gasteiger partial charge in [0.1, 0.15) is 0 Å². The SMILES string of the molecule is Cc1cc(C)cc(-c2cc(C)ccc2-n2c3ccccc3c3c(N(c4ccc(-c5ccccc5)cc4)c4ccc(-c5ccccc5)cc4)cccc32)c1. The molecule has 0 fully saturated rings. The summed E-state index contributed by atoms with van der Waals surface area (Å²) in [5, 5.41) is 2.44. The molecule has 0 aliphatic carbocycles. The van der Waals surface area contributed by atoms with Gasteiger partial charge in [0.25, 0.3) is 0 Å². The second kappa shape index (κ2) is 13.5. The van der Waals surface area contributed by atoms with E-state index < -0.39 is 0 Å². The summed E-state index contributed by atoms with van der Waals surface area (Å²) in [6.07, 6.45) is 0. The van der Waals surface area contributed by atoms with E-state index in [0.29, 0.717) is 0 Å². The molecular formula is C51H40N2. The van der Waals surface area contributed by atoms with Crippen molar-refractivity contribution in [2.24, 2.45) is 0 Å². The highest BCUT2D eigenvalue weighted by atomic mass is 15.1. The monoisotopic (exact) mass is 680 g/mol. The molecule has 0 amide bonds. The van der Waals surface area contributed by atoms with Gasteiger partial charge in [-0.1, -0.05) is 150 Å². The summed E-state index contributed by atoms with van der Waals surface area (Å²) in [5.74, 6) is 0. The van der Waals surface area contributed by atoms with Crippen LogP contribution in [-0.2, 0) is 0 Å². The third-order valence-electron chi connectivity index (χ3n) is 10.3. The Morgan fingerprint density at radius 1 is 0.377 bits per heavy atom. The highest BCUT2D eigenvalue weighted by molar-refractivity contribution is 6.17. The van der Waals surface area contributed by atoms with Gasteiger partial charge in [-0.05, 0) is 103 Å². The van der Waals surface area contributed by atoms with Crippen LogP contribution in [0.25, 0.3) is 60.9 Å². The normalized spacial score (nSPS) is 11.3. The van der Waals surface area contributed by atoms with Crippen molar-refractivity contribution in [3.63, 3.8) is 0 Å². The van der Waals surface area contributed by atoms with Crippen LogP contribution in [0.2, 0.25) is 0 Å². The minimum Gasteiger partial charge on any atom is -0.310 e. The number of hydrogen-bond acceptors (Lipinski definition) is 1. The average Bonchev–Trinajstić information content (AvgIpc) is 3.54. The van der Waals surface area contributed by atoms with Crippen LogP contribution in [-0.4, -0.2) is 4.57 Å². The first-order valence-electron chi connectivity index (χ1n) is 18.3. The number of aromatic nitrogens is 1. The minimum absolute atomic E-state index is 1.10. The lowest BCUT2D eigenvalue weighted by atomic mass is 9.97. The molecule has 0 radical (unpaired) electrons.